The van der Waals surface area contributed by atoms with Crippen molar-refractivity contribution in [1.29, 1.82) is 0 Å². The van der Waals surface area contributed by atoms with Crippen LogP contribution in [0.15, 0.2) is 51.9 Å². The molecule has 0 saturated heterocycles. The van der Waals surface area contributed by atoms with E-state index >= 15 is 0 Å². The maximum absolute atomic E-state index is 11.7. The van der Waals surface area contributed by atoms with E-state index in [1.54, 1.807) is 0 Å². The fraction of sp³-hybridized carbons (Fsp3) is 0.214. The molecule has 0 aliphatic heterocycles. The first-order chi connectivity index (χ1) is 8.66. The molecule has 1 heterocycles. The Bertz CT molecular complexity index is 558. The molecule has 94 valence electrons. The molecular weight excluding hydrogens is 232 g/mol. The SMILES string of the molecule is C[C@H](O)c1cc(=O)c(OCc2ccccc2)co1. The highest BCUT2D eigenvalue weighted by molar-refractivity contribution is 5.20. The summed E-state index contributed by atoms with van der Waals surface area (Å²) >= 11 is 0. The largest absolute Gasteiger partial charge is 0.482 e. The Balaban J connectivity index is 2.09. The van der Waals surface area contributed by atoms with E-state index < -0.39 is 6.10 Å². The number of aliphatic hydroxyl groups is 1. The van der Waals surface area contributed by atoms with E-state index in [4.69, 9.17) is 9.15 Å². The minimum absolute atomic E-state index is 0.142. The average molecular weight is 246 g/mol. The average Bonchev–Trinajstić information content (AvgIpc) is 2.38. The number of ether oxygens (including phenoxy) is 1. The number of hydrogen-bond donors (Lipinski definition) is 1. The second kappa shape index (κ2) is 5.51. The predicted octanol–water partition coefficient (Wildman–Crippen LogP) is 2.27. The van der Waals surface area contributed by atoms with Crippen molar-refractivity contribution < 1.29 is 14.3 Å². The van der Waals surface area contributed by atoms with Crippen LogP contribution >= 0.6 is 0 Å². The molecule has 0 saturated carbocycles. The zero-order chi connectivity index (χ0) is 13.0. The second-order valence-corrected chi connectivity index (χ2v) is 3.96. The molecule has 1 N–H and O–H groups in total. The number of rotatable bonds is 4. The summed E-state index contributed by atoms with van der Waals surface area (Å²) in [6.45, 7) is 1.84. The lowest BCUT2D eigenvalue weighted by molar-refractivity contribution is 0.164. The van der Waals surface area contributed by atoms with Gasteiger partial charge in [0.05, 0.1) is 0 Å². The Morgan fingerprint density at radius 3 is 2.67 bits per heavy atom. The van der Waals surface area contributed by atoms with Gasteiger partial charge < -0.3 is 14.3 Å². The Morgan fingerprint density at radius 2 is 2.06 bits per heavy atom. The lowest BCUT2D eigenvalue weighted by Crippen LogP contribution is -2.08. The zero-order valence-corrected chi connectivity index (χ0v) is 10.00. The third-order valence-electron chi connectivity index (χ3n) is 2.47. The van der Waals surface area contributed by atoms with Crippen LogP contribution in [0.1, 0.15) is 24.4 Å². The van der Waals surface area contributed by atoms with E-state index in [2.05, 4.69) is 0 Å². The van der Waals surface area contributed by atoms with Crippen LogP contribution in [-0.4, -0.2) is 5.11 Å². The second-order valence-electron chi connectivity index (χ2n) is 3.96. The Hall–Kier alpha value is -2.07. The molecule has 0 aliphatic carbocycles. The first-order valence-corrected chi connectivity index (χ1v) is 5.64. The van der Waals surface area contributed by atoms with Crippen LogP contribution in [0.2, 0.25) is 0 Å². The van der Waals surface area contributed by atoms with Crippen LogP contribution in [0.3, 0.4) is 0 Å². The molecule has 0 fully saturated rings. The monoisotopic (exact) mass is 246 g/mol. The highest BCUT2D eigenvalue weighted by atomic mass is 16.5. The number of aliphatic hydroxyl groups excluding tert-OH is 1. The van der Waals surface area contributed by atoms with Crippen molar-refractivity contribution in [2.24, 2.45) is 0 Å². The van der Waals surface area contributed by atoms with Gasteiger partial charge in [0, 0.05) is 6.07 Å². The molecule has 4 nitrogen and oxygen atoms in total. The summed E-state index contributed by atoms with van der Waals surface area (Å²) in [4.78, 5) is 11.7. The van der Waals surface area contributed by atoms with Crippen molar-refractivity contribution in [3.05, 3.63) is 64.2 Å². The summed E-state index contributed by atoms with van der Waals surface area (Å²) in [5, 5.41) is 9.27. The molecule has 2 aromatic rings. The van der Waals surface area contributed by atoms with Crippen molar-refractivity contribution in [2.75, 3.05) is 0 Å². The molecule has 1 atom stereocenters. The quantitative estimate of drug-likeness (QED) is 0.899. The van der Waals surface area contributed by atoms with Crippen LogP contribution < -0.4 is 10.2 Å². The normalized spacial score (nSPS) is 12.1. The molecule has 0 bridgehead atoms. The molecule has 2 rings (SSSR count). The minimum atomic E-state index is -0.805. The van der Waals surface area contributed by atoms with E-state index in [0.717, 1.165) is 5.56 Å². The minimum Gasteiger partial charge on any atom is -0.482 e. The lowest BCUT2D eigenvalue weighted by Gasteiger charge is -2.07. The van der Waals surface area contributed by atoms with Crippen LogP contribution in [0.5, 0.6) is 5.75 Å². The standard InChI is InChI=1S/C14H14O4/c1-10(15)13-7-12(16)14(9-18-13)17-8-11-5-3-2-4-6-11/h2-7,9-10,15H,8H2,1H3/t10-/m0/s1. The summed E-state index contributed by atoms with van der Waals surface area (Å²) in [6.07, 6.45) is 0.425. The zero-order valence-electron chi connectivity index (χ0n) is 10.00. The van der Waals surface area contributed by atoms with E-state index in [0.29, 0.717) is 6.61 Å². The molecule has 0 unspecified atom stereocenters. The van der Waals surface area contributed by atoms with Crippen LogP contribution in [0, 0.1) is 0 Å². The van der Waals surface area contributed by atoms with Gasteiger partial charge in [-0.25, -0.2) is 0 Å². The third-order valence-corrected chi connectivity index (χ3v) is 2.47. The van der Waals surface area contributed by atoms with Gasteiger partial charge >= 0.3 is 0 Å². The fourth-order valence-corrected chi connectivity index (χ4v) is 1.47. The van der Waals surface area contributed by atoms with Crippen molar-refractivity contribution in [3.8, 4) is 5.75 Å². The summed E-state index contributed by atoms with van der Waals surface area (Å²) < 4.78 is 10.5. The maximum atomic E-state index is 11.7. The molecule has 0 spiro atoms. The van der Waals surface area contributed by atoms with Gasteiger partial charge in [-0.1, -0.05) is 30.3 Å². The Labute approximate surface area is 104 Å². The lowest BCUT2D eigenvalue weighted by atomic mass is 10.2. The smallest absolute Gasteiger partial charge is 0.227 e. The first-order valence-electron chi connectivity index (χ1n) is 5.64. The summed E-state index contributed by atoms with van der Waals surface area (Å²) in [6, 6.07) is 10.8. The van der Waals surface area contributed by atoms with Gasteiger partial charge in [0.1, 0.15) is 24.7 Å². The molecule has 1 aromatic heterocycles. The van der Waals surface area contributed by atoms with Gasteiger partial charge in [0.15, 0.2) is 0 Å². The van der Waals surface area contributed by atoms with Gasteiger partial charge in [-0.15, -0.1) is 0 Å². The topological polar surface area (TPSA) is 59.7 Å². The van der Waals surface area contributed by atoms with Crippen LogP contribution in [0.25, 0.3) is 0 Å². The van der Waals surface area contributed by atoms with Gasteiger partial charge in [-0.2, -0.15) is 0 Å². The molecule has 4 heteroatoms. The van der Waals surface area contributed by atoms with Crippen molar-refractivity contribution in [1.82, 2.24) is 0 Å². The first kappa shape index (κ1) is 12.4. The van der Waals surface area contributed by atoms with Crippen molar-refractivity contribution >= 4 is 0 Å². The number of benzene rings is 1. The van der Waals surface area contributed by atoms with Gasteiger partial charge in [0.2, 0.25) is 11.2 Å². The van der Waals surface area contributed by atoms with Crippen molar-refractivity contribution in [2.45, 2.75) is 19.6 Å². The molecular formula is C14H14O4. The third kappa shape index (κ3) is 2.99. The Kier molecular flexibility index (Phi) is 3.79. The van der Waals surface area contributed by atoms with E-state index in [1.165, 1.54) is 19.3 Å². The van der Waals surface area contributed by atoms with Crippen LogP contribution in [-0.2, 0) is 6.61 Å². The van der Waals surface area contributed by atoms with Crippen molar-refractivity contribution in [3.63, 3.8) is 0 Å². The van der Waals surface area contributed by atoms with Gasteiger partial charge in [-0.3, -0.25) is 4.79 Å². The molecule has 0 aliphatic rings. The Morgan fingerprint density at radius 1 is 1.33 bits per heavy atom. The van der Waals surface area contributed by atoms with Crippen LogP contribution in [0.4, 0.5) is 0 Å². The molecule has 0 radical (unpaired) electrons. The highest BCUT2D eigenvalue weighted by Gasteiger charge is 2.08. The molecule has 1 aromatic carbocycles. The summed E-state index contributed by atoms with van der Waals surface area (Å²) in [5.41, 5.74) is 0.671. The molecule has 18 heavy (non-hydrogen) atoms. The van der Waals surface area contributed by atoms with Gasteiger partial charge in [0.25, 0.3) is 0 Å². The van der Waals surface area contributed by atoms with E-state index in [1.807, 2.05) is 30.3 Å². The fourth-order valence-electron chi connectivity index (χ4n) is 1.47. The summed E-state index contributed by atoms with van der Waals surface area (Å²) in [5.74, 6) is 0.371. The highest BCUT2D eigenvalue weighted by Crippen LogP contribution is 2.13. The van der Waals surface area contributed by atoms with E-state index in [9.17, 15) is 9.90 Å². The summed E-state index contributed by atoms with van der Waals surface area (Å²) in [7, 11) is 0. The molecule has 0 amide bonds. The number of hydrogen-bond acceptors (Lipinski definition) is 4. The predicted molar refractivity (Wildman–Crippen MR) is 66.4 cm³/mol. The maximum Gasteiger partial charge on any atom is 0.227 e. The van der Waals surface area contributed by atoms with Gasteiger partial charge in [-0.05, 0) is 12.5 Å². The van der Waals surface area contributed by atoms with E-state index in [-0.39, 0.29) is 16.9 Å².